The molecule has 3 amide bonds. The lowest BCUT2D eigenvalue weighted by molar-refractivity contribution is -0.384. The molecule has 5 atom stereocenters. The van der Waals surface area contributed by atoms with Crippen molar-refractivity contribution in [2.24, 2.45) is 11.8 Å². The number of thiocarbonyl (C=S) groups is 1. The fourth-order valence-corrected chi connectivity index (χ4v) is 7.94. The number of aliphatic carboxylic acids is 2. The molecule has 0 saturated heterocycles. The second-order valence-corrected chi connectivity index (χ2v) is 17.6. The summed E-state index contributed by atoms with van der Waals surface area (Å²) in [5.41, 5.74) is 0.891. The molecule has 392 valence electrons. The van der Waals surface area contributed by atoms with Gasteiger partial charge in [0.2, 0.25) is 11.8 Å². The van der Waals surface area contributed by atoms with Gasteiger partial charge in [0.1, 0.15) is 17.6 Å². The van der Waals surface area contributed by atoms with E-state index in [4.69, 9.17) is 22.1 Å². The number of hydrogen-bond acceptors (Lipinski definition) is 13. The molecule has 0 saturated carbocycles. The third-order valence-electron chi connectivity index (χ3n) is 11.5. The van der Waals surface area contributed by atoms with Crippen molar-refractivity contribution < 1.29 is 67.4 Å². The Balaban J connectivity index is 1.34. The van der Waals surface area contributed by atoms with Gasteiger partial charge in [-0.1, -0.05) is 91.0 Å². The smallest absolute Gasteiger partial charge is 0.326 e. The number of halogens is 1. The maximum absolute atomic E-state index is 14.8. The van der Waals surface area contributed by atoms with E-state index in [0.717, 1.165) is 23.8 Å². The van der Waals surface area contributed by atoms with Gasteiger partial charge in [-0.15, -0.1) is 0 Å². The molecule has 20 nitrogen and oxygen atoms in total. The fourth-order valence-electron chi connectivity index (χ4n) is 7.67. The zero-order chi connectivity index (χ0) is 54.0. The van der Waals surface area contributed by atoms with Crippen molar-refractivity contribution in [3.05, 3.63) is 147 Å². The molecule has 4 rings (SSSR count). The first kappa shape index (κ1) is 58.3. The molecule has 0 aliphatic rings. The number of nitro benzene ring substituents is 1. The van der Waals surface area contributed by atoms with E-state index in [1.54, 1.807) is 91.0 Å². The van der Waals surface area contributed by atoms with Crippen molar-refractivity contribution in [3.8, 4) is 0 Å². The first-order valence-corrected chi connectivity index (χ1v) is 23.9. The van der Waals surface area contributed by atoms with Gasteiger partial charge >= 0.3 is 11.9 Å². The number of carbonyl (C=O) groups excluding carboxylic acids is 7. The molecule has 4 aromatic carbocycles. The maximum atomic E-state index is 14.8. The number of rotatable bonds is 33. The Morgan fingerprint density at radius 3 is 1.80 bits per heavy atom. The van der Waals surface area contributed by atoms with Crippen molar-refractivity contribution in [1.82, 2.24) is 26.6 Å². The number of carboxylic acid groups (broad SMARTS) is 2. The van der Waals surface area contributed by atoms with Crippen LogP contribution in [0.5, 0.6) is 0 Å². The van der Waals surface area contributed by atoms with Gasteiger partial charge in [-0.2, -0.15) is 0 Å². The number of amides is 3. The van der Waals surface area contributed by atoms with Crippen LogP contribution < -0.4 is 26.6 Å². The fraction of sp³-hybridized carbons (Fsp3) is 0.346. The van der Waals surface area contributed by atoms with E-state index in [2.05, 4.69) is 26.6 Å². The summed E-state index contributed by atoms with van der Waals surface area (Å²) in [5, 5.41) is 42.8. The molecule has 7 N–H and O–H groups in total. The van der Waals surface area contributed by atoms with Gasteiger partial charge in [0.05, 0.1) is 29.5 Å². The van der Waals surface area contributed by atoms with E-state index in [1.165, 1.54) is 0 Å². The van der Waals surface area contributed by atoms with Gasteiger partial charge in [0.15, 0.2) is 22.9 Å². The zero-order valence-electron chi connectivity index (χ0n) is 40.1. The molecule has 0 aliphatic carbocycles. The molecule has 0 aromatic heterocycles. The van der Waals surface area contributed by atoms with Crippen LogP contribution in [0.15, 0.2) is 109 Å². The van der Waals surface area contributed by atoms with Crippen LogP contribution in [-0.4, -0.2) is 105 Å². The van der Waals surface area contributed by atoms with Crippen molar-refractivity contribution >= 4 is 76.5 Å². The number of benzene rings is 4. The number of ether oxygens (including phenoxy) is 1. The molecular weight excluding hydrogens is 983 g/mol. The van der Waals surface area contributed by atoms with Crippen LogP contribution in [0.1, 0.15) is 78.4 Å². The highest BCUT2D eigenvalue weighted by molar-refractivity contribution is 7.80. The highest BCUT2D eigenvalue weighted by atomic mass is 32.1. The summed E-state index contributed by atoms with van der Waals surface area (Å²) in [6.07, 6.45) is -2.64. The van der Waals surface area contributed by atoms with E-state index in [-0.39, 0.29) is 82.3 Å². The highest BCUT2D eigenvalue weighted by Crippen LogP contribution is 2.21. The Morgan fingerprint density at radius 1 is 0.676 bits per heavy atom. The number of nitrogens with zero attached hydrogens (tertiary/aromatic N) is 1. The number of hydrogen-bond donors (Lipinski definition) is 7. The summed E-state index contributed by atoms with van der Waals surface area (Å²) < 4.78 is 19.6. The summed E-state index contributed by atoms with van der Waals surface area (Å²) in [6.45, 7) is -0.317. The second-order valence-electron chi connectivity index (χ2n) is 17.2. The van der Waals surface area contributed by atoms with Crippen molar-refractivity contribution in [2.75, 3.05) is 13.1 Å². The molecule has 0 radical (unpaired) electrons. The normalized spacial score (nSPS) is 12.8. The molecular formula is C52H57FN6O14S. The summed E-state index contributed by atoms with van der Waals surface area (Å²) in [7, 11) is 0. The lowest BCUT2D eigenvalue weighted by Gasteiger charge is -2.22. The van der Waals surface area contributed by atoms with Crippen LogP contribution >= 0.6 is 12.2 Å². The number of ketones is 3. The highest BCUT2D eigenvalue weighted by Gasteiger charge is 2.31. The van der Waals surface area contributed by atoms with Crippen LogP contribution in [0, 0.1) is 27.8 Å². The average Bonchev–Trinajstić information content (AvgIpc) is 3.37. The topological polar surface area (TPSA) is 307 Å². The van der Waals surface area contributed by atoms with Crippen LogP contribution in [-0.2, 0) is 62.4 Å². The largest absolute Gasteiger partial charge is 0.481 e. The number of carbonyl (C=O) groups is 9. The van der Waals surface area contributed by atoms with Crippen molar-refractivity contribution in [2.45, 2.75) is 88.9 Å². The minimum atomic E-state index is -1.38. The van der Waals surface area contributed by atoms with E-state index in [0.29, 0.717) is 11.1 Å². The Kier molecular flexibility index (Phi) is 24.1. The standard InChI is InChI=1S/C52H57FN6O14S/c53-42-20-18-38(59(71)72)30-41(42)50(68)56-44(27-35-15-8-3-9-16-35)45(63)29-37(26-34-13-6-2-7-14-34)49(67)55-31-40(62)17-10-24-54-48(66)36(25-33-11-4-1-5-12-33)28-39(61)19-21-43(51(69)70)57-52(74)58-46(73-32-60)22-23-47(64)65/h1-9,11-16,18,20,30,32,36-37,43-44,46H,10,17,19,21-29,31H2,(H,54,66)(H,55,67)(H,56,68)(H,64,65)(H,69,70)(H2,57,58,74)/t36-,37-,43+,44+,46-/m1/s1/i53-1. The maximum Gasteiger partial charge on any atom is 0.326 e. The van der Waals surface area contributed by atoms with Crippen LogP contribution in [0.2, 0.25) is 0 Å². The molecule has 0 heterocycles. The number of Topliss-reactive ketones (excluding diaryl/α,β-unsaturated/α-hetero) is 3. The lowest BCUT2D eigenvalue weighted by atomic mass is 9.89. The predicted octanol–water partition coefficient (Wildman–Crippen LogP) is 4.35. The minimum absolute atomic E-state index is 0.0224. The van der Waals surface area contributed by atoms with E-state index < -0.39 is 112 Å². The van der Waals surface area contributed by atoms with Crippen molar-refractivity contribution in [3.63, 3.8) is 0 Å². The van der Waals surface area contributed by atoms with Crippen LogP contribution in [0.25, 0.3) is 0 Å². The van der Waals surface area contributed by atoms with Gasteiger partial charge in [-0.05, 0) is 67.1 Å². The van der Waals surface area contributed by atoms with Gasteiger partial charge in [0.25, 0.3) is 18.1 Å². The Labute approximate surface area is 430 Å². The molecule has 4 aromatic rings. The molecule has 0 fully saturated rings. The van der Waals surface area contributed by atoms with Gasteiger partial charge in [-0.25, -0.2) is 9.18 Å². The van der Waals surface area contributed by atoms with Gasteiger partial charge < -0.3 is 41.5 Å². The Morgan fingerprint density at radius 2 is 1.24 bits per heavy atom. The number of carboxylic acids is 2. The summed E-state index contributed by atoms with van der Waals surface area (Å²) in [4.78, 5) is 126. The van der Waals surface area contributed by atoms with Crippen LogP contribution in [0.4, 0.5) is 10.1 Å². The number of nitrogens with one attached hydrogen (secondary N) is 5. The Hall–Kier alpha value is -8.27. The van der Waals surface area contributed by atoms with E-state index >= 15 is 0 Å². The number of nitro groups is 1. The molecule has 74 heavy (non-hydrogen) atoms. The third-order valence-corrected chi connectivity index (χ3v) is 11.8. The van der Waals surface area contributed by atoms with Crippen molar-refractivity contribution in [1.29, 1.82) is 0 Å². The summed E-state index contributed by atoms with van der Waals surface area (Å²) in [5.74, 6) is -9.10. The first-order valence-electron chi connectivity index (χ1n) is 23.5. The predicted molar refractivity (Wildman–Crippen MR) is 269 cm³/mol. The van der Waals surface area contributed by atoms with Gasteiger partial charge in [0, 0.05) is 62.6 Å². The molecule has 0 aliphatic heterocycles. The SMILES string of the molecule is O=CO[C@H](CCC(=O)O)NC(=S)N[C@@H](CCC(=O)C[C@@H](Cc1ccccc1)C(=O)NCCCC(=O)CNC(=O)[C@@H](CC(=O)[C@H](Cc1ccccc1)NC(=O)c1cc([N+](=O)[O-])ccc1[18F])Cc1ccccc1)C(=O)O. The lowest BCUT2D eigenvalue weighted by Crippen LogP contribution is -2.49. The first-order chi connectivity index (χ1) is 35.4. The number of non-ortho nitro benzene ring substituents is 1. The van der Waals surface area contributed by atoms with Crippen LogP contribution in [0.3, 0.4) is 0 Å². The average molecular weight is 1040 g/mol. The van der Waals surface area contributed by atoms with E-state index in [9.17, 15) is 62.8 Å². The zero-order valence-corrected chi connectivity index (χ0v) is 40.9. The summed E-state index contributed by atoms with van der Waals surface area (Å²) in [6, 6.07) is 26.0. The molecule has 0 unspecified atom stereocenters. The summed E-state index contributed by atoms with van der Waals surface area (Å²) >= 11 is 5.12. The quantitative estimate of drug-likeness (QED) is 0.00871. The Bertz CT molecular complexity index is 2610. The monoisotopic (exact) mass is 1040 g/mol. The molecule has 0 bridgehead atoms. The second kappa shape index (κ2) is 30.6. The minimum Gasteiger partial charge on any atom is -0.481 e. The molecule has 0 spiro atoms. The van der Waals surface area contributed by atoms with Gasteiger partial charge in [-0.3, -0.25) is 48.5 Å². The third kappa shape index (κ3) is 20.8. The molecule has 22 heteroatoms. The van der Waals surface area contributed by atoms with E-state index in [1.807, 2.05) is 0 Å².